The van der Waals surface area contributed by atoms with Crippen molar-refractivity contribution in [3.8, 4) is 16.9 Å². The van der Waals surface area contributed by atoms with Gasteiger partial charge in [0.15, 0.2) is 11.5 Å². The van der Waals surface area contributed by atoms with Crippen molar-refractivity contribution in [1.82, 2.24) is 0 Å². The second kappa shape index (κ2) is 9.00. The molecule has 37 heavy (non-hydrogen) atoms. The third kappa shape index (κ3) is 3.84. The fraction of sp³-hybridized carbons (Fsp3) is 0.0645. The van der Waals surface area contributed by atoms with Crippen LogP contribution in [0.1, 0.15) is 21.5 Å². The lowest BCUT2D eigenvalue weighted by Crippen LogP contribution is -2.15. The molecule has 0 bridgehead atoms. The van der Waals surface area contributed by atoms with E-state index in [4.69, 9.17) is 4.84 Å². The van der Waals surface area contributed by atoms with Crippen LogP contribution in [-0.2, 0) is 4.84 Å². The van der Waals surface area contributed by atoms with Crippen molar-refractivity contribution in [2.45, 2.75) is 6.92 Å². The summed E-state index contributed by atoms with van der Waals surface area (Å²) in [6.45, 7) is 1.98. The van der Waals surface area contributed by atoms with Gasteiger partial charge < -0.3 is 5.11 Å². The predicted molar refractivity (Wildman–Crippen MR) is 145 cm³/mol. The largest absolute Gasteiger partial charge is 0.504 e. The number of benzene rings is 5. The summed E-state index contributed by atoms with van der Waals surface area (Å²) >= 11 is 0. The molecule has 0 saturated heterocycles. The van der Waals surface area contributed by atoms with Crippen molar-refractivity contribution in [2.24, 2.45) is 10.2 Å². The number of phenolic OH excluding ortho intramolecular Hbond substituents is 1. The van der Waals surface area contributed by atoms with Crippen molar-refractivity contribution in [2.75, 3.05) is 12.2 Å². The molecule has 0 saturated carbocycles. The zero-order chi connectivity index (χ0) is 25.5. The molecule has 5 aromatic carbocycles. The van der Waals surface area contributed by atoms with Crippen molar-refractivity contribution in [3.05, 3.63) is 114 Å². The zero-order valence-corrected chi connectivity index (χ0v) is 20.3. The number of aryl methyl sites for hydroxylation is 1. The summed E-state index contributed by atoms with van der Waals surface area (Å²) in [5, 5.41) is 23.4. The minimum Gasteiger partial charge on any atom is -0.504 e. The van der Waals surface area contributed by atoms with E-state index in [1.54, 1.807) is 18.2 Å². The predicted octanol–water partition coefficient (Wildman–Crippen LogP) is 8.18. The summed E-state index contributed by atoms with van der Waals surface area (Å²) in [4.78, 5) is 18.7. The first-order valence-corrected chi connectivity index (χ1v) is 11.9. The molecular formula is C31H23N3O3. The first kappa shape index (κ1) is 22.6. The monoisotopic (exact) mass is 485 g/mol. The van der Waals surface area contributed by atoms with Gasteiger partial charge in [-0.2, -0.15) is 5.11 Å². The number of rotatable bonds is 5. The first-order chi connectivity index (χ1) is 18.0. The highest BCUT2D eigenvalue weighted by molar-refractivity contribution is 6.22. The molecule has 0 fully saturated rings. The van der Waals surface area contributed by atoms with E-state index in [2.05, 4.69) is 10.2 Å². The molecular weight excluding hydrogens is 462 g/mol. The van der Waals surface area contributed by atoms with Gasteiger partial charge in [0.25, 0.3) is 0 Å². The maximum absolute atomic E-state index is 13.1. The molecule has 0 aromatic heterocycles. The molecule has 0 heterocycles. The number of hydrogen-bond donors (Lipinski definition) is 1. The molecule has 0 spiro atoms. The minimum absolute atomic E-state index is 0.0142. The van der Waals surface area contributed by atoms with Gasteiger partial charge in [0.1, 0.15) is 11.4 Å². The SMILES string of the molecule is CON(c1ccccc1)c1cc2ccccc2c(N=Nc2ccc3c(c2)C(=O)c2cc(C)ccc2-3)c1O. The Morgan fingerprint density at radius 3 is 2.24 bits per heavy atom. The van der Waals surface area contributed by atoms with Crippen molar-refractivity contribution >= 4 is 39.3 Å². The lowest BCUT2D eigenvalue weighted by atomic mass is 10.0. The number of nitrogens with zero attached hydrogens (tertiary/aromatic N) is 3. The second-order valence-electron chi connectivity index (χ2n) is 8.93. The molecule has 5 aromatic rings. The maximum atomic E-state index is 13.1. The van der Waals surface area contributed by atoms with Gasteiger partial charge in [0, 0.05) is 16.5 Å². The Morgan fingerprint density at radius 2 is 1.46 bits per heavy atom. The van der Waals surface area contributed by atoms with Gasteiger partial charge in [-0.1, -0.05) is 66.2 Å². The smallest absolute Gasteiger partial charge is 0.194 e. The Morgan fingerprint density at radius 1 is 0.757 bits per heavy atom. The highest BCUT2D eigenvalue weighted by atomic mass is 16.7. The first-order valence-electron chi connectivity index (χ1n) is 11.9. The van der Waals surface area contributed by atoms with Gasteiger partial charge in [0.05, 0.1) is 18.5 Å². The van der Waals surface area contributed by atoms with Crippen LogP contribution in [0.2, 0.25) is 0 Å². The molecule has 1 aliphatic carbocycles. The summed E-state index contributed by atoms with van der Waals surface area (Å²) in [6, 6.07) is 30.4. The Kier molecular flexibility index (Phi) is 5.51. The number of para-hydroxylation sites is 1. The van der Waals surface area contributed by atoms with Gasteiger partial charge >= 0.3 is 0 Å². The van der Waals surface area contributed by atoms with Crippen LogP contribution in [0.3, 0.4) is 0 Å². The molecule has 1 N–H and O–H groups in total. The molecule has 6 nitrogen and oxygen atoms in total. The number of carbonyl (C=O) groups excluding carboxylic acids is 1. The van der Waals surface area contributed by atoms with Crippen molar-refractivity contribution in [3.63, 3.8) is 0 Å². The second-order valence-corrected chi connectivity index (χ2v) is 8.93. The average Bonchev–Trinajstić information content (AvgIpc) is 3.20. The van der Waals surface area contributed by atoms with Gasteiger partial charge in [0.2, 0.25) is 0 Å². The standard InChI is InChI=1S/C31H23N3O3/c1-19-12-14-24-25-15-13-21(18-27(25)30(35)26(24)16-19)32-33-29-23-11-7-6-8-20(23)17-28(31(29)36)34(37-2)22-9-4-3-5-10-22/h3-18,36H,1-2H3. The summed E-state index contributed by atoms with van der Waals surface area (Å²) in [5.74, 6) is -0.0760. The highest BCUT2D eigenvalue weighted by Gasteiger charge is 2.27. The molecule has 0 aliphatic heterocycles. The van der Waals surface area contributed by atoms with Crippen LogP contribution < -0.4 is 5.06 Å². The normalized spacial score (nSPS) is 12.2. The topological polar surface area (TPSA) is 74.5 Å². The summed E-state index contributed by atoms with van der Waals surface area (Å²) in [7, 11) is 1.55. The van der Waals surface area contributed by atoms with Gasteiger partial charge in [-0.15, -0.1) is 5.11 Å². The summed E-state index contributed by atoms with van der Waals surface area (Å²) in [5.41, 5.74) is 6.23. The van der Waals surface area contributed by atoms with Crippen molar-refractivity contribution < 1.29 is 14.7 Å². The van der Waals surface area contributed by atoms with Gasteiger partial charge in [-0.05, 0) is 59.8 Å². The average molecular weight is 486 g/mol. The van der Waals surface area contributed by atoms with Crippen LogP contribution in [-0.4, -0.2) is 18.0 Å². The molecule has 0 atom stereocenters. The number of fused-ring (bicyclic) bond motifs is 4. The van der Waals surface area contributed by atoms with E-state index >= 15 is 0 Å². The van der Waals surface area contributed by atoms with E-state index in [0.717, 1.165) is 33.2 Å². The Hall–Kier alpha value is -4.81. The number of ketones is 1. The Balaban J connectivity index is 1.44. The van der Waals surface area contributed by atoms with E-state index in [1.807, 2.05) is 97.9 Å². The van der Waals surface area contributed by atoms with Crippen LogP contribution in [0.25, 0.3) is 21.9 Å². The number of carbonyl (C=O) groups is 1. The molecule has 180 valence electrons. The van der Waals surface area contributed by atoms with E-state index in [9.17, 15) is 9.90 Å². The molecule has 0 radical (unpaired) electrons. The number of hydrogen-bond acceptors (Lipinski definition) is 6. The number of azo groups is 1. The number of anilines is 2. The maximum Gasteiger partial charge on any atom is 0.194 e. The molecule has 1 aliphatic rings. The van der Waals surface area contributed by atoms with Crippen LogP contribution in [0.5, 0.6) is 5.75 Å². The summed E-state index contributed by atoms with van der Waals surface area (Å²) < 4.78 is 0. The van der Waals surface area contributed by atoms with E-state index < -0.39 is 0 Å². The Bertz CT molecular complexity index is 1710. The van der Waals surface area contributed by atoms with Crippen LogP contribution in [0, 0.1) is 6.92 Å². The van der Waals surface area contributed by atoms with E-state index in [1.165, 1.54) is 0 Å². The van der Waals surface area contributed by atoms with Crippen LogP contribution >= 0.6 is 0 Å². The summed E-state index contributed by atoms with van der Waals surface area (Å²) in [6.07, 6.45) is 0. The van der Waals surface area contributed by atoms with Crippen molar-refractivity contribution in [1.29, 1.82) is 0 Å². The fourth-order valence-corrected chi connectivity index (χ4v) is 4.82. The number of aromatic hydroxyl groups is 1. The third-order valence-electron chi connectivity index (χ3n) is 6.59. The fourth-order valence-electron chi connectivity index (χ4n) is 4.82. The molecule has 6 heteroatoms. The highest BCUT2D eigenvalue weighted by Crippen LogP contribution is 2.46. The van der Waals surface area contributed by atoms with Crippen LogP contribution in [0.4, 0.5) is 22.7 Å². The number of phenols is 1. The van der Waals surface area contributed by atoms with Crippen LogP contribution in [0.15, 0.2) is 107 Å². The molecule has 6 rings (SSSR count). The van der Waals surface area contributed by atoms with Gasteiger partial charge in [-0.3, -0.25) is 9.63 Å². The minimum atomic E-state index is -0.0618. The third-order valence-corrected chi connectivity index (χ3v) is 6.59. The quantitative estimate of drug-likeness (QED) is 0.197. The Labute approximate surface area is 214 Å². The molecule has 0 unspecified atom stereocenters. The van der Waals surface area contributed by atoms with E-state index in [-0.39, 0.29) is 11.5 Å². The molecule has 0 amide bonds. The van der Waals surface area contributed by atoms with Gasteiger partial charge in [-0.25, -0.2) is 5.06 Å². The lowest BCUT2D eigenvalue weighted by molar-refractivity contribution is 0.104. The zero-order valence-electron chi connectivity index (χ0n) is 20.3. The van der Waals surface area contributed by atoms with E-state index in [0.29, 0.717) is 28.2 Å². The lowest BCUT2D eigenvalue weighted by Gasteiger charge is -2.23.